The van der Waals surface area contributed by atoms with Gasteiger partial charge in [0.25, 0.3) is 0 Å². The van der Waals surface area contributed by atoms with E-state index in [2.05, 4.69) is 21.3 Å². The third-order valence-corrected chi connectivity index (χ3v) is 3.73. The monoisotopic (exact) mass is 438 g/mol. The van der Waals surface area contributed by atoms with E-state index in [0.717, 1.165) is 5.56 Å². The minimum Gasteiger partial charge on any atom is -0.480 e. The van der Waals surface area contributed by atoms with Gasteiger partial charge in [-0.15, -0.1) is 0 Å². The van der Waals surface area contributed by atoms with Gasteiger partial charge in [0.1, 0.15) is 18.4 Å². The van der Waals surface area contributed by atoms with E-state index < -0.39 is 54.8 Å². The molecule has 1 aromatic carbocycles. The normalized spacial score (nSPS) is 12.9. The van der Waals surface area contributed by atoms with Crippen LogP contribution in [0.1, 0.15) is 26.3 Å². The Hall–Kier alpha value is -3.18. The van der Waals surface area contributed by atoms with Crippen LogP contribution in [-0.2, 0) is 25.5 Å². The summed E-state index contributed by atoms with van der Waals surface area (Å²) in [6.07, 6.45) is -1.86. The molecule has 0 spiro atoms. The van der Waals surface area contributed by atoms with Crippen molar-refractivity contribution in [1.82, 2.24) is 21.3 Å². The molecule has 0 fully saturated rings. The molecule has 2 atom stereocenters. The fraction of sp³-hybridized carbons (Fsp3) is 0.500. The molecule has 2 unspecified atom stereocenters. The van der Waals surface area contributed by atoms with Crippen molar-refractivity contribution in [1.29, 1.82) is 0 Å². The van der Waals surface area contributed by atoms with Gasteiger partial charge in [-0.05, 0) is 32.8 Å². The number of aliphatic hydroxyl groups excluding tert-OH is 1. The molecule has 3 amide bonds. The van der Waals surface area contributed by atoms with Gasteiger partial charge in [0, 0.05) is 0 Å². The number of alkyl carbamates (subject to hydrolysis) is 1. The number of hydrogen-bond acceptors (Lipinski definition) is 7. The molecule has 0 bridgehead atoms. The van der Waals surface area contributed by atoms with Crippen LogP contribution in [0.15, 0.2) is 30.3 Å². The molecule has 0 radical (unpaired) electrons. The number of amides is 3. The molecule has 0 saturated carbocycles. The summed E-state index contributed by atoms with van der Waals surface area (Å²) in [6, 6.07) is 8.16. The SMILES string of the molecule is CC(C)(C)OC(=O)NCC(=O)NCC(=O)NC(Cc1ccccc1)C(O)NCC(=O)O. The lowest BCUT2D eigenvalue weighted by Gasteiger charge is -2.25. The van der Waals surface area contributed by atoms with Gasteiger partial charge in [0.15, 0.2) is 0 Å². The Balaban J connectivity index is 2.54. The average molecular weight is 438 g/mol. The summed E-state index contributed by atoms with van der Waals surface area (Å²) in [5.74, 6) is -2.36. The maximum absolute atomic E-state index is 12.2. The average Bonchev–Trinajstić information content (AvgIpc) is 2.68. The predicted octanol–water partition coefficient (Wildman–Crippen LogP) is -0.653. The lowest BCUT2D eigenvalue weighted by Crippen LogP contribution is -2.54. The highest BCUT2D eigenvalue weighted by Gasteiger charge is 2.22. The largest absolute Gasteiger partial charge is 0.480 e. The number of carboxylic acids is 1. The van der Waals surface area contributed by atoms with Crippen LogP contribution in [0.4, 0.5) is 4.79 Å². The quantitative estimate of drug-likeness (QED) is 0.248. The van der Waals surface area contributed by atoms with Gasteiger partial charge in [-0.3, -0.25) is 19.7 Å². The molecule has 11 heteroatoms. The van der Waals surface area contributed by atoms with Crippen molar-refractivity contribution in [2.24, 2.45) is 0 Å². The smallest absolute Gasteiger partial charge is 0.408 e. The molecule has 11 nitrogen and oxygen atoms in total. The van der Waals surface area contributed by atoms with Crippen molar-refractivity contribution in [2.75, 3.05) is 19.6 Å². The summed E-state index contributed by atoms with van der Waals surface area (Å²) >= 11 is 0. The maximum atomic E-state index is 12.2. The van der Waals surface area contributed by atoms with Gasteiger partial charge in [-0.2, -0.15) is 0 Å². The van der Waals surface area contributed by atoms with E-state index in [0.29, 0.717) is 0 Å². The summed E-state index contributed by atoms with van der Waals surface area (Å²) in [7, 11) is 0. The zero-order valence-electron chi connectivity index (χ0n) is 17.8. The number of aliphatic hydroxyl groups is 1. The molecule has 31 heavy (non-hydrogen) atoms. The highest BCUT2D eigenvalue weighted by atomic mass is 16.6. The van der Waals surface area contributed by atoms with Gasteiger partial charge in [-0.1, -0.05) is 30.3 Å². The van der Waals surface area contributed by atoms with Crippen molar-refractivity contribution in [3.8, 4) is 0 Å². The van der Waals surface area contributed by atoms with Crippen LogP contribution in [0, 0.1) is 0 Å². The fourth-order valence-corrected chi connectivity index (χ4v) is 2.41. The number of hydrogen-bond donors (Lipinski definition) is 6. The van der Waals surface area contributed by atoms with Crippen LogP contribution in [0.3, 0.4) is 0 Å². The molecule has 0 aliphatic heterocycles. The van der Waals surface area contributed by atoms with E-state index in [1.807, 2.05) is 6.07 Å². The van der Waals surface area contributed by atoms with Crippen LogP contribution < -0.4 is 21.3 Å². The van der Waals surface area contributed by atoms with Crippen molar-refractivity contribution < 1.29 is 34.1 Å². The first-order valence-corrected chi connectivity index (χ1v) is 9.66. The van der Waals surface area contributed by atoms with E-state index in [1.165, 1.54) is 0 Å². The molecule has 0 aromatic heterocycles. The second kappa shape index (κ2) is 12.5. The van der Waals surface area contributed by atoms with Crippen LogP contribution in [-0.4, -0.2) is 71.6 Å². The lowest BCUT2D eigenvalue weighted by atomic mass is 10.0. The number of rotatable bonds is 11. The van der Waals surface area contributed by atoms with Gasteiger partial charge < -0.3 is 30.9 Å². The lowest BCUT2D eigenvalue weighted by molar-refractivity contribution is -0.136. The number of nitrogens with one attached hydrogen (secondary N) is 4. The van der Waals surface area contributed by atoms with Crippen molar-refractivity contribution >= 4 is 23.9 Å². The van der Waals surface area contributed by atoms with E-state index in [4.69, 9.17) is 9.84 Å². The van der Waals surface area contributed by atoms with Crippen molar-refractivity contribution in [3.63, 3.8) is 0 Å². The molecule has 6 N–H and O–H groups in total. The van der Waals surface area contributed by atoms with E-state index in [-0.39, 0.29) is 13.0 Å². The molecule has 172 valence electrons. The standard InChI is InChI=1S/C20H30N4O7/c1-20(2,3)31-19(30)23-10-15(25)21-11-16(26)24-14(18(29)22-12-17(27)28)9-13-7-5-4-6-8-13/h4-8,14,18,22,29H,9-12H2,1-3H3,(H,21,25)(H,23,30)(H,24,26)(H,27,28). The Labute approximate surface area is 180 Å². The summed E-state index contributed by atoms with van der Waals surface area (Å²) < 4.78 is 5.00. The molecule has 1 aromatic rings. The van der Waals surface area contributed by atoms with Crippen LogP contribution >= 0.6 is 0 Å². The van der Waals surface area contributed by atoms with E-state index in [9.17, 15) is 24.3 Å². The number of carbonyl (C=O) groups is 4. The second-order valence-electron chi connectivity index (χ2n) is 7.72. The van der Waals surface area contributed by atoms with Gasteiger partial charge in [0.2, 0.25) is 11.8 Å². The summed E-state index contributed by atoms with van der Waals surface area (Å²) in [4.78, 5) is 46.3. The number of benzene rings is 1. The number of ether oxygens (including phenoxy) is 1. The number of carboxylic acid groups (broad SMARTS) is 1. The first kappa shape index (κ1) is 25.9. The molecule has 0 saturated heterocycles. The number of aliphatic carboxylic acids is 1. The van der Waals surface area contributed by atoms with Gasteiger partial charge in [0.05, 0.1) is 19.1 Å². The summed E-state index contributed by atoms with van der Waals surface area (Å²) in [5, 5.41) is 28.6. The van der Waals surface area contributed by atoms with Gasteiger partial charge >= 0.3 is 12.1 Å². The molecule has 0 heterocycles. The Bertz CT molecular complexity index is 750. The van der Waals surface area contributed by atoms with Gasteiger partial charge in [-0.25, -0.2) is 4.79 Å². The Morgan fingerprint density at radius 2 is 1.58 bits per heavy atom. The molecule has 0 aliphatic carbocycles. The first-order chi connectivity index (χ1) is 14.5. The van der Waals surface area contributed by atoms with Crippen molar-refractivity contribution in [2.45, 2.75) is 45.1 Å². The minimum atomic E-state index is -1.33. The third-order valence-electron chi connectivity index (χ3n) is 3.73. The van der Waals surface area contributed by atoms with Crippen LogP contribution in [0.25, 0.3) is 0 Å². The Morgan fingerprint density at radius 1 is 0.968 bits per heavy atom. The summed E-state index contributed by atoms with van der Waals surface area (Å²) in [6.45, 7) is 3.79. The Kier molecular flexibility index (Phi) is 10.4. The predicted molar refractivity (Wildman–Crippen MR) is 111 cm³/mol. The highest BCUT2D eigenvalue weighted by Crippen LogP contribution is 2.06. The second-order valence-corrected chi connectivity index (χ2v) is 7.72. The van der Waals surface area contributed by atoms with Crippen LogP contribution in [0.2, 0.25) is 0 Å². The number of carbonyl (C=O) groups excluding carboxylic acids is 3. The first-order valence-electron chi connectivity index (χ1n) is 9.66. The van der Waals surface area contributed by atoms with Crippen molar-refractivity contribution in [3.05, 3.63) is 35.9 Å². The maximum Gasteiger partial charge on any atom is 0.408 e. The fourth-order valence-electron chi connectivity index (χ4n) is 2.41. The summed E-state index contributed by atoms with van der Waals surface area (Å²) in [5.41, 5.74) is 0.110. The van der Waals surface area contributed by atoms with Crippen LogP contribution in [0.5, 0.6) is 0 Å². The zero-order chi connectivity index (χ0) is 23.4. The highest BCUT2D eigenvalue weighted by molar-refractivity contribution is 5.87. The molecule has 0 aliphatic rings. The topological polar surface area (TPSA) is 166 Å². The molecule has 1 rings (SSSR count). The zero-order valence-corrected chi connectivity index (χ0v) is 17.8. The Morgan fingerprint density at radius 3 is 2.16 bits per heavy atom. The minimum absolute atomic E-state index is 0.231. The molecular weight excluding hydrogens is 408 g/mol. The third kappa shape index (κ3) is 12.2. The van der Waals surface area contributed by atoms with E-state index >= 15 is 0 Å². The molecular formula is C20H30N4O7. The van der Waals surface area contributed by atoms with E-state index in [1.54, 1.807) is 45.0 Å².